The number of rotatable bonds is 2. The molecule has 1 atom stereocenters. The largest absolute Gasteiger partial charge is 0.356 e. The summed E-state index contributed by atoms with van der Waals surface area (Å²) in [5.74, 6) is -0.129. The van der Waals surface area contributed by atoms with Crippen LogP contribution in [0.1, 0.15) is 31.4 Å². The van der Waals surface area contributed by atoms with E-state index in [1.807, 2.05) is 0 Å². The molecule has 21 heavy (non-hydrogen) atoms. The second kappa shape index (κ2) is 5.64. The van der Waals surface area contributed by atoms with Gasteiger partial charge in [-0.15, -0.1) is 11.6 Å². The van der Waals surface area contributed by atoms with Gasteiger partial charge in [0.05, 0.1) is 5.69 Å². The molecule has 2 aromatic rings. The van der Waals surface area contributed by atoms with Crippen LogP contribution in [0.25, 0.3) is 11.0 Å². The van der Waals surface area contributed by atoms with E-state index in [-0.39, 0.29) is 17.6 Å². The van der Waals surface area contributed by atoms with E-state index >= 15 is 0 Å². The lowest BCUT2D eigenvalue weighted by Gasteiger charge is -2.31. The van der Waals surface area contributed by atoms with Gasteiger partial charge in [-0.05, 0) is 31.9 Å². The van der Waals surface area contributed by atoms with Crippen molar-refractivity contribution in [3.63, 3.8) is 0 Å². The molecule has 0 radical (unpaired) electrons. The van der Waals surface area contributed by atoms with Crippen LogP contribution in [0.5, 0.6) is 0 Å². The normalized spacial score (nSPS) is 18.1. The molecule has 1 fully saturated rings. The second-order valence-corrected chi connectivity index (χ2v) is 6.08. The van der Waals surface area contributed by atoms with Gasteiger partial charge in [-0.2, -0.15) is 0 Å². The summed E-state index contributed by atoms with van der Waals surface area (Å²) in [5.41, 5.74) is 1.33. The Morgan fingerprint density at radius 2 is 2.19 bits per heavy atom. The molecule has 0 saturated carbocycles. The first-order chi connectivity index (χ1) is 10.1. The minimum atomic E-state index is -0.489. The monoisotopic (exact) mass is 310 g/mol. The highest BCUT2D eigenvalue weighted by Gasteiger charge is 2.28. The van der Waals surface area contributed by atoms with E-state index in [1.165, 1.54) is 12.1 Å². The maximum atomic E-state index is 13.2. The minimum absolute atomic E-state index is 0.0257. The van der Waals surface area contributed by atoms with Crippen molar-refractivity contribution < 1.29 is 13.7 Å². The number of hydrogen-bond donors (Lipinski definition) is 0. The summed E-state index contributed by atoms with van der Waals surface area (Å²) in [6, 6.07) is 4.46. The molecule has 1 unspecified atom stereocenters. The lowest BCUT2D eigenvalue weighted by molar-refractivity contribution is -0.131. The van der Waals surface area contributed by atoms with Gasteiger partial charge in [0.25, 0.3) is 0 Å². The summed E-state index contributed by atoms with van der Waals surface area (Å²) in [5, 5.41) is 4.46. The van der Waals surface area contributed by atoms with Crippen LogP contribution in [0.4, 0.5) is 4.39 Å². The summed E-state index contributed by atoms with van der Waals surface area (Å²) in [6.45, 7) is 3.02. The molecular weight excluding hydrogens is 295 g/mol. The van der Waals surface area contributed by atoms with Crippen molar-refractivity contribution in [3.8, 4) is 0 Å². The summed E-state index contributed by atoms with van der Waals surface area (Å²) in [6.07, 6.45) is 1.63. The van der Waals surface area contributed by atoms with E-state index in [2.05, 4.69) is 5.16 Å². The summed E-state index contributed by atoms with van der Waals surface area (Å²) in [4.78, 5) is 13.6. The standard InChI is InChI=1S/C15H16ClFN2O2/c1-9(16)15(20)19-6-4-10(5-7-19)14-12-3-2-11(17)8-13(12)21-18-14/h2-3,8-10H,4-7H2,1H3. The maximum Gasteiger partial charge on any atom is 0.240 e. The van der Waals surface area contributed by atoms with Gasteiger partial charge < -0.3 is 9.42 Å². The Kier molecular flexibility index (Phi) is 3.85. The average Bonchev–Trinajstić information content (AvgIpc) is 2.89. The molecular formula is C15H16ClFN2O2. The zero-order valence-corrected chi connectivity index (χ0v) is 12.4. The molecule has 4 nitrogen and oxygen atoms in total. The Bertz CT molecular complexity index is 663. The highest BCUT2D eigenvalue weighted by Crippen LogP contribution is 2.33. The number of aromatic nitrogens is 1. The van der Waals surface area contributed by atoms with E-state index in [9.17, 15) is 9.18 Å². The number of fused-ring (bicyclic) bond motifs is 1. The number of carbonyl (C=O) groups excluding carboxylic acids is 1. The van der Waals surface area contributed by atoms with Crippen LogP contribution >= 0.6 is 11.6 Å². The van der Waals surface area contributed by atoms with Crippen LogP contribution in [0.2, 0.25) is 0 Å². The number of amides is 1. The first kappa shape index (κ1) is 14.3. The lowest BCUT2D eigenvalue weighted by Crippen LogP contribution is -2.41. The Morgan fingerprint density at radius 1 is 1.48 bits per heavy atom. The Balaban J connectivity index is 1.75. The number of nitrogens with zero attached hydrogens (tertiary/aromatic N) is 2. The van der Waals surface area contributed by atoms with Gasteiger partial charge in [-0.1, -0.05) is 5.16 Å². The first-order valence-corrected chi connectivity index (χ1v) is 7.47. The molecule has 6 heteroatoms. The third-order valence-corrected chi connectivity index (χ3v) is 4.18. The topological polar surface area (TPSA) is 46.3 Å². The Labute approximate surface area is 126 Å². The number of benzene rings is 1. The molecule has 1 aliphatic rings. The van der Waals surface area contributed by atoms with E-state index in [0.29, 0.717) is 18.7 Å². The average molecular weight is 311 g/mol. The molecule has 1 saturated heterocycles. The third kappa shape index (κ3) is 2.75. The highest BCUT2D eigenvalue weighted by molar-refractivity contribution is 6.30. The molecule has 0 N–H and O–H groups in total. The molecule has 1 aromatic carbocycles. The van der Waals surface area contributed by atoms with Crippen molar-refractivity contribution in [2.24, 2.45) is 0 Å². The van der Waals surface area contributed by atoms with Crippen LogP contribution in [0, 0.1) is 5.82 Å². The zero-order valence-electron chi connectivity index (χ0n) is 11.7. The maximum absolute atomic E-state index is 13.2. The van der Waals surface area contributed by atoms with Crippen LogP contribution in [-0.4, -0.2) is 34.4 Å². The third-order valence-electron chi connectivity index (χ3n) is 4.00. The molecule has 1 aromatic heterocycles. The van der Waals surface area contributed by atoms with Crippen LogP contribution in [-0.2, 0) is 4.79 Å². The van der Waals surface area contributed by atoms with E-state index in [4.69, 9.17) is 16.1 Å². The Hall–Kier alpha value is -1.62. The van der Waals surface area contributed by atoms with Crippen molar-refractivity contribution in [1.29, 1.82) is 0 Å². The fourth-order valence-electron chi connectivity index (χ4n) is 2.85. The number of piperidine rings is 1. The molecule has 2 heterocycles. The quantitative estimate of drug-likeness (QED) is 0.800. The first-order valence-electron chi connectivity index (χ1n) is 7.04. The molecule has 0 aliphatic carbocycles. The summed E-state index contributed by atoms with van der Waals surface area (Å²) in [7, 11) is 0. The van der Waals surface area contributed by atoms with Crippen molar-refractivity contribution in [3.05, 3.63) is 29.7 Å². The lowest BCUT2D eigenvalue weighted by atomic mass is 9.91. The Morgan fingerprint density at radius 3 is 2.86 bits per heavy atom. The van der Waals surface area contributed by atoms with Crippen LogP contribution in [0.15, 0.2) is 22.7 Å². The molecule has 0 spiro atoms. The second-order valence-electron chi connectivity index (χ2n) is 5.42. The molecule has 112 valence electrons. The number of carbonyl (C=O) groups is 1. The molecule has 3 rings (SSSR count). The number of likely N-dealkylation sites (tertiary alicyclic amines) is 1. The number of halogens is 2. The smallest absolute Gasteiger partial charge is 0.240 e. The molecule has 1 aliphatic heterocycles. The van der Waals surface area contributed by atoms with Crippen molar-refractivity contribution in [2.75, 3.05) is 13.1 Å². The fraction of sp³-hybridized carbons (Fsp3) is 0.467. The highest BCUT2D eigenvalue weighted by atomic mass is 35.5. The van der Waals surface area contributed by atoms with Gasteiger partial charge in [0.2, 0.25) is 5.91 Å². The fourth-order valence-corrected chi connectivity index (χ4v) is 2.99. The van der Waals surface area contributed by atoms with Crippen LogP contribution in [0.3, 0.4) is 0 Å². The predicted molar refractivity (Wildman–Crippen MR) is 77.8 cm³/mol. The minimum Gasteiger partial charge on any atom is -0.356 e. The van der Waals surface area contributed by atoms with E-state index in [1.54, 1.807) is 17.9 Å². The zero-order chi connectivity index (χ0) is 15.0. The van der Waals surface area contributed by atoms with Crippen molar-refractivity contribution in [2.45, 2.75) is 31.1 Å². The molecule has 1 amide bonds. The SMILES string of the molecule is CC(Cl)C(=O)N1CCC(c2noc3cc(F)ccc23)CC1. The van der Waals surface area contributed by atoms with Gasteiger partial charge in [0.1, 0.15) is 11.2 Å². The molecule has 0 bridgehead atoms. The van der Waals surface area contributed by atoms with E-state index in [0.717, 1.165) is 23.9 Å². The summed E-state index contributed by atoms with van der Waals surface area (Å²) >= 11 is 5.84. The van der Waals surface area contributed by atoms with Crippen molar-refractivity contribution >= 4 is 28.5 Å². The van der Waals surface area contributed by atoms with Gasteiger partial charge >= 0.3 is 0 Å². The van der Waals surface area contributed by atoms with Gasteiger partial charge in [-0.25, -0.2) is 4.39 Å². The van der Waals surface area contributed by atoms with Crippen LogP contribution < -0.4 is 0 Å². The van der Waals surface area contributed by atoms with Gasteiger partial charge in [0, 0.05) is 30.5 Å². The summed E-state index contributed by atoms with van der Waals surface area (Å²) < 4.78 is 18.4. The van der Waals surface area contributed by atoms with Gasteiger partial charge in [0.15, 0.2) is 5.58 Å². The van der Waals surface area contributed by atoms with Gasteiger partial charge in [-0.3, -0.25) is 4.79 Å². The van der Waals surface area contributed by atoms with E-state index < -0.39 is 5.38 Å². The number of hydrogen-bond acceptors (Lipinski definition) is 3. The predicted octanol–water partition coefficient (Wildman–Crippen LogP) is 3.30. The van der Waals surface area contributed by atoms with Crippen molar-refractivity contribution in [1.82, 2.24) is 10.1 Å². The number of alkyl halides is 1.